The number of hydrogen-bond acceptors (Lipinski definition) is 3. The smallest absolute Gasteiger partial charge is 0.327 e. The number of carboxylic acids is 1. The Labute approximate surface area is 121 Å². The van der Waals surface area contributed by atoms with E-state index >= 15 is 0 Å². The molecular weight excluding hydrogens is 274 g/mol. The maximum Gasteiger partial charge on any atom is 0.327 e. The van der Waals surface area contributed by atoms with E-state index in [1.807, 2.05) is 42.5 Å². The third-order valence-corrected chi connectivity index (χ3v) is 3.90. The maximum atomic E-state index is 11.0. The highest BCUT2D eigenvalue weighted by Gasteiger charge is 2.18. The van der Waals surface area contributed by atoms with E-state index in [2.05, 4.69) is 5.32 Å². The highest BCUT2D eigenvalue weighted by Crippen LogP contribution is 2.24. The van der Waals surface area contributed by atoms with E-state index in [0.29, 0.717) is 5.75 Å². The normalized spacial score (nSPS) is 12.1. The minimum atomic E-state index is -1.02. The molecule has 0 saturated carbocycles. The molecule has 0 aliphatic rings. The van der Waals surface area contributed by atoms with Crippen LogP contribution in [0.1, 0.15) is 6.92 Å². The molecular formula is C15H15NO3S. The van der Waals surface area contributed by atoms with Gasteiger partial charge in [0, 0.05) is 17.6 Å². The number of carbonyl (C=O) groups is 2. The van der Waals surface area contributed by atoms with Gasteiger partial charge in [-0.15, -0.1) is 11.8 Å². The van der Waals surface area contributed by atoms with E-state index in [4.69, 9.17) is 5.11 Å². The lowest BCUT2D eigenvalue weighted by molar-refractivity contribution is -0.140. The second-order valence-corrected chi connectivity index (χ2v) is 5.50. The van der Waals surface area contributed by atoms with Crippen LogP contribution in [0.3, 0.4) is 0 Å². The first-order chi connectivity index (χ1) is 9.56. The summed E-state index contributed by atoms with van der Waals surface area (Å²) in [5.74, 6) is -1.06. The van der Waals surface area contributed by atoms with Crippen LogP contribution < -0.4 is 5.32 Å². The van der Waals surface area contributed by atoms with Crippen molar-refractivity contribution in [2.24, 2.45) is 0 Å². The van der Waals surface area contributed by atoms with Crippen molar-refractivity contribution in [3.05, 3.63) is 42.5 Å². The van der Waals surface area contributed by atoms with Gasteiger partial charge in [0.05, 0.1) is 0 Å². The highest BCUT2D eigenvalue weighted by atomic mass is 32.2. The Kier molecular flexibility index (Phi) is 4.63. The second kappa shape index (κ2) is 6.43. The Bertz CT molecular complexity index is 642. The van der Waals surface area contributed by atoms with Crippen LogP contribution in [-0.2, 0) is 9.59 Å². The Morgan fingerprint density at radius 1 is 1.20 bits per heavy atom. The Hall–Kier alpha value is -2.01. The molecule has 2 rings (SSSR count). The van der Waals surface area contributed by atoms with Crippen LogP contribution in [0.15, 0.2) is 47.4 Å². The standard InChI is InChI=1S/C15H15NO3S/c1-10(17)16-14(15(18)19)9-20-13-7-6-11-4-2-3-5-12(11)8-13/h2-8,14H,9H2,1H3,(H,16,17)(H,18,19). The molecule has 0 aliphatic carbocycles. The van der Waals surface area contributed by atoms with Crippen molar-refractivity contribution >= 4 is 34.4 Å². The lowest BCUT2D eigenvalue weighted by atomic mass is 10.1. The summed E-state index contributed by atoms with van der Waals surface area (Å²) in [5.41, 5.74) is 0. The molecule has 2 aromatic carbocycles. The Morgan fingerprint density at radius 2 is 1.90 bits per heavy atom. The fourth-order valence-corrected chi connectivity index (χ4v) is 2.82. The molecule has 0 spiro atoms. The Morgan fingerprint density at radius 3 is 2.55 bits per heavy atom. The summed E-state index contributed by atoms with van der Waals surface area (Å²) >= 11 is 1.42. The first kappa shape index (κ1) is 14.4. The number of amides is 1. The van der Waals surface area contributed by atoms with Gasteiger partial charge in [0.15, 0.2) is 0 Å². The van der Waals surface area contributed by atoms with Gasteiger partial charge in [-0.05, 0) is 22.9 Å². The van der Waals surface area contributed by atoms with Gasteiger partial charge in [-0.2, -0.15) is 0 Å². The lowest BCUT2D eigenvalue weighted by Crippen LogP contribution is -2.41. The van der Waals surface area contributed by atoms with Crippen molar-refractivity contribution in [2.45, 2.75) is 17.9 Å². The van der Waals surface area contributed by atoms with Gasteiger partial charge in [0.1, 0.15) is 6.04 Å². The van der Waals surface area contributed by atoms with E-state index < -0.39 is 12.0 Å². The summed E-state index contributed by atoms with van der Waals surface area (Å²) in [7, 11) is 0. The predicted molar refractivity (Wildman–Crippen MR) is 79.9 cm³/mol. The van der Waals surface area contributed by atoms with Crippen LogP contribution in [0, 0.1) is 0 Å². The minimum Gasteiger partial charge on any atom is -0.480 e. The number of benzene rings is 2. The highest BCUT2D eigenvalue weighted by molar-refractivity contribution is 7.99. The molecule has 0 heterocycles. The summed E-state index contributed by atoms with van der Waals surface area (Å²) in [6.45, 7) is 1.32. The molecule has 0 radical (unpaired) electrons. The molecule has 0 fully saturated rings. The Balaban J connectivity index is 2.07. The van der Waals surface area contributed by atoms with E-state index in [0.717, 1.165) is 15.7 Å². The summed E-state index contributed by atoms with van der Waals surface area (Å²) in [4.78, 5) is 23.0. The molecule has 0 aliphatic heterocycles. The first-order valence-corrected chi connectivity index (χ1v) is 7.16. The lowest BCUT2D eigenvalue weighted by Gasteiger charge is -2.12. The van der Waals surface area contributed by atoms with Crippen LogP contribution in [0.25, 0.3) is 10.8 Å². The van der Waals surface area contributed by atoms with E-state index in [-0.39, 0.29) is 5.91 Å². The molecule has 1 amide bonds. The van der Waals surface area contributed by atoms with E-state index in [1.165, 1.54) is 18.7 Å². The van der Waals surface area contributed by atoms with Gasteiger partial charge < -0.3 is 10.4 Å². The van der Waals surface area contributed by atoms with Gasteiger partial charge in [-0.1, -0.05) is 30.3 Å². The summed E-state index contributed by atoms with van der Waals surface area (Å²) in [6, 6.07) is 13.1. The largest absolute Gasteiger partial charge is 0.480 e. The average Bonchev–Trinajstić information content (AvgIpc) is 2.42. The molecule has 4 nitrogen and oxygen atoms in total. The number of rotatable bonds is 5. The van der Waals surface area contributed by atoms with Crippen LogP contribution in [0.5, 0.6) is 0 Å². The van der Waals surface area contributed by atoms with E-state index in [9.17, 15) is 9.59 Å². The van der Waals surface area contributed by atoms with Crippen LogP contribution in [0.2, 0.25) is 0 Å². The fraction of sp³-hybridized carbons (Fsp3) is 0.200. The monoisotopic (exact) mass is 289 g/mol. The van der Waals surface area contributed by atoms with Gasteiger partial charge in [0.2, 0.25) is 5.91 Å². The van der Waals surface area contributed by atoms with Gasteiger partial charge >= 0.3 is 5.97 Å². The van der Waals surface area contributed by atoms with Crippen molar-refractivity contribution in [1.82, 2.24) is 5.32 Å². The average molecular weight is 289 g/mol. The number of nitrogens with one attached hydrogen (secondary N) is 1. The number of thioether (sulfide) groups is 1. The van der Waals surface area contributed by atoms with Gasteiger partial charge in [-0.25, -0.2) is 4.79 Å². The molecule has 1 unspecified atom stereocenters. The van der Waals surface area contributed by atoms with Crippen LogP contribution >= 0.6 is 11.8 Å². The first-order valence-electron chi connectivity index (χ1n) is 6.18. The molecule has 2 aromatic rings. The summed E-state index contributed by atoms with van der Waals surface area (Å²) in [5, 5.41) is 13.7. The second-order valence-electron chi connectivity index (χ2n) is 4.41. The quantitative estimate of drug-likeness (QED) is 0.830. The van der Waals surface area contributed by atoms with E-state index in [1.54, 1.807) is 0 Å². The van der Waals surface area contributed by atoms with Crippen LogP contribution in [-0.4, -0.2) is 28.8 Å². The molecule has 104 valence electrons. The molecule has 0 saturated heterocycles. The molecule has 0 aromatic heterocycles. The number of hydrogen-bond donors (Lipinski definition) is 2. The zero-order valence-electron chi connectivity index (χ0n) is 11.0. The third kappa shape index (κ3) is 3.74. The molecule has 0 bridgehead atoms. The van der Waals surface area contributed by atoms with Gasteiger partial charge in [0.25, 0.3) is 0 Å². The topological polar surface area (TPSA) is 66.4 Å². The molecule has 20 heavy (non-hydrogen) atoms. The predicted octanol–water partition coefficient (Wildman–Crippen LogP) is 2.52. The van der Waals surface area contributed by atoms with Crippen LogP contribution in [0.4, 0.5) is 0 Å². The number of carboxylic acid groups (broad SMARTS) is 1. The minimum absolute atomic E-state index is 0.299. The van der Waals surface area contributed by atoms with Crippen molar-refractivity contribution < 1.29 is 14.7 Å². The van der Waals surface area contributed by atoms with Crippen molar-refractivity contribution in [1.29, 1.82) is 0 Å². The van der Waals surface area contributed by atoms with Crippen molar-refractivity contribution in [3.63, 3.8) is 0 Å². The zero-order valence-corrected chi connectivity index (χ0v) is 11.8. The van der Waals surface area contributed by atoms with Crippen molar-refractivity contribution in [3.8, 4) is 0 Å². The van der Waals surface area contributed by atoms with Gasteiger partial charge in [-0.3, -0.25) is 4.79 Å². The number of aliphatic carboxylic acids is 1. The fourth-order valence-electron chi connectivity index (χ4n) is 1.86. The molecule has 1 atom stereocenters. The third-order valence-electron chi connectivity index (χ3n) is 2.81. The maximum absolute atomic E-state index is 11.0. The summed E-state index contributed by atoms with van der Waals surface area (Å²) < 4.78 is 0. The number of carbonyl (C=O) groups excluding carboxylic acids is 1. The number of fused-ring (bicyclic) bond motifs is 1. The summed E-state index contributed by atoms with van der Waals surface area (Å²) in [6.07, 6.45) is 0. The molecule has 5 heteroatoms. The SMILES string of the molecule is CC(=O)NC(CSc1ccc2ccccc2c1)C(=O)O. The zero-order chi connectivity index (χ0) is 14.5. The van der Waals surface area contributed by atoms with Crippen molar-refractivity contribution in [2.75, 3.05) is 5.75 Å². The molecule has 2 N–H and O–H groups in total.